The number of aryl methyl sites for hydroxylation is 1. The third-order valence-corrected chi connectivity index (χ3v) is 8.14. The van der Waals surface area contributed by atoms with Gasteiger partial charge in [-0.25, -0.2) is 0 Å². The van der Waals surface area contributed by atoms with E-state index in [0.717, 1.165) is 23.5 Å². The predicted octanol–water partition coefficient (Wildman–Crippen LogP) is 7.29. The van der Waals surface area contributed by atoms with Crippen LogP contribution >= 0.6 is 0 Å². The average Bonchev–Trinajstić information content (AvgIpc) is 2.72. The molecule has 3 aromatic rings. The van der Waals surface area contributed by atoms with E-state index in [1.54, 1.807) is 0 Å². The Labute approximate surface area is 174 Å². The van der Waals surface area contributed by atoms with E-state index in [9.17, 15) is 0 Å². The van der Waals surface area contributed by atoms with Crippen LogP contribution in [0.1, 0.15) is 49.7 Å². The second kappa shape index (κ2) is 6.36. The zero-order chi connectivity index (χ0) is 19.6. The lowest BCUT2D eigenvalue weighted by atomic mass is 9.48. The molecule has 0 atom stereocenters. The third kappa shape index (κ3) is 2.81. The van der Waals surface area contributed by atoms with E-state index in [1.165, 1.54) is 71.6 Å². The van der Waals surface area contributed by atoms with Crippen LogP contribution < -0.4 is 4.74 Å². The number of rotatable bonds is 3. The molecule has 4 aliphatic rings. The van der Waals surface area contributed by atoms with E-state index >= 15 is 0 Å². The van der Waals surface area contributed by atoms with Crippen molar-refractivity contribution in [2.24, 2.45) is 17.8 Å². The van der Waals surface area contributed by atoms with Crippen molar-refractivity contribution >= 4 is 10.8 Å². The molecule has 0 saturated heterocycles. The van der Waals surface area contributed by atoms with Gasteiger partial charge in [-0.05, 0) is 109 Å². The minimum atomic E-state index is 0.351. The highest BCUT2D eigenvalue weighted by atomic mass is 16.5. The maximum absolute atomic E-state index is 5.91. The Morgan fingerprint density at radius 1 is 0.724 bits per heavy atom. The van der Waals surface area contributed by atoms with E-state index in [2.05, 4.69) is 61.5 Å². The van der Waals surface area contributed by atoms with Crippen molar-refractivity contribution in [3.05, 3.63) is 65.7 Å². The van der Waals surface area contributed by atoms with Crippen LogP contribution in [0.25, 0.3) is 21.9 Å². The first-order chi connectivity index (χ1) is 14.1. The molecule has 4 bridgehead atoms. The van der Waals surface area contributed by atoms with Crippen molar-refractivity contribution < 1.29 is 4.74 Å². The monoisotopic (exact) mass is 382 g/mol. The summed E-state index contributed by atoms with van der Waals surface area (Å²) < 4.78 is 5.91. The second-order valence-electron chi connectivity index (χ2n) is 10.2. The molecule has 0 N–H and O–H groups in total. The molecule has 1 nitrogen and oxygen atoms in total. The Bertz CT molecular complexity index is 1060. The molecule has 0 spiro atoms. The van der Waals surface area contributed by atoms with E-state index in [1.807, 2.05) is 7.11 Å². The van der Waals surface area contributed by atoms with Crippen molar-refractivity contribution in [2.45, 2.75) is 50.9 Å². The van der Waals surface area contributed by atoms with E-state index in [4.69, 9.17) is 4.74 Å². The molecule has 4 saturated carbocycles. The highest BCUT2D eigenvalue weighted by Gasteiger charge is 2.52. The van der Waals surface area contributed by atoms with Gasteiger partial charge in [0.1, 0.15) is 5.75 Å². The molecule has 0 radical (unpaired) electrons. The second-order valence-corrected chi connectivity index (χ2v) is 10.2. The van der Waals surface area contributed by atoms with Crippen LogP contribution in [0.15, 0.2) is 54.6 Å². The molecule has 0 aromatic heterocycles. The molecule has 7 rings (SSSR count). The zero-order valence-corrected chi connectivity index (χ0v) is 17.6. The number of benzene rings is 3. The molecule has 0 aliphatic heterocycles. The highest BCUT2D eigenvalue weighted by molar-refractivity contribution is 5.88. The van der Waals surface area contributed by atoms with Gasteiger partial charge in [-0.2, -0.15) is 0 Å². The Morgan fingerprint density at radius 2 is 1.31 bits per heavy atom. The Balaban J connectivity index is 1.46. The van der Waals surface area contributed by atoms with Crippen molar-refractivity contribution in [2.75, 3.05) is 7.11 Å². The maximum Gasteiger partial charge on any atom is 0.122 e. The van der Waals surface area contributed by atoms with Crippen LogP contribution in [0.2, 0.25) is 0 Å². The summed E-state index contributed by atoms with van der Waals surface area (Å²) in [7, 11) is 1.84. The summed E-state index contributed by atoms with van der Waals surface area (Å²) >= 11 is 0. The van der Waals surface area contributed by atoms with Crippen LogP contribution in [-0.4, -0.2) is 7.11 Å². The zero-order valence-electron chi connectivity index (χ0n) is 17.6. The van der Waals surface area contributed by atoms with Crippen molar-refractivity contribution in [1.29, 1.82) is 0 Å². The topological polar surface area (TPSA) is 9.23 Å². The summed E-state index contributed by atoms with van der Waals surface area (Å²) in [5.41, 5.74) is 5.80. The van der Waals surface area contributed by atoms with Crippen LogP contribution in [0, 0.1) is 24.7 Å². The normalized spacial score (nSPS) is 30.1. The van der Waals surface area contributed by atoms with Gasteiger partial charge in [-0.1, -0.05) is 42.0 Å². The summed E-state index contributed by atoms with van der Waals surface area (Å²) in [6.45, 7) is 2.16. The van der Waals surface area contributed by atoms with Crippen LogP contribution in [0.5, 0.6) is 5.75 Å². The largest absolute Gasteiger partial charge is 0.496 e. The van der Waals surface area contributed by atoms with Gasteiger partial charge in [-0.3, -0.25) is 0 Å². The summed E-state index contributed by atoms with van der Waals surface area (Å²) in [5.74, 6) is 3.93. The molecular weight excluding hydrogens is 352 g/mol. The lowest BCUT2D eigenvalue weighted by Crippen LogP contribution is -2.48. The summed E-state index contributed by atoms with van der Waals surface area (Å²) in [6.07, 6.45) is 8.55. The first kappa shape index (κ1) is 17.6. The third-order valence-electron chi connectivity index (χ3n) is 8.14. The molecular formula is C28H30O. The summed E-state index contributed by atoms with van der Waals surface area (Å²) in [5, 5.41) is 2.64. The number of methoxy groups -OCH3 is 1. The molecule has 1 heteroatoms. The van der Waals surface area contributed by atoms with Gasteiger partial charge < -0.3 is 4.74 Å². The molecule has 29 heavy (non-hydrogen) atoms. The first-order valence-electron chi connectivity index (χ1n) is 11.3. The van der Waals surface area contributed by atoms with E-state index < -0.39 is 0 Å². The van der Waals surface area contributed by atoms with E-state index in [0.29, 0.717) is 5.41 Å². The number of hydrogen-bond acceptors (Lipinski definition) is 1. The maximum atomic E-state index is 5.91. The van der Waals surface area contributed by atoms with Gasteiger partial charge in [0, 0.05) is 5.56 Å². The highest BCUT2D eigenvalue weighted by Crippen LogP contribution is 2.62. The molecule has 0 unspecified atom stereocenters. The van der Waals surface area contributed by atoms with Crippen molar-refractivity contribution in [1.82, 2.24) is 0 Å². The van der Waals surface area contributed by atoms with Gasteiger partial charge in [-0.15, -0.1) is 0 Å². The molecule has 0 amide bonds. The smallest absolute Gasteiger partial charge is 0.122 e. The van der Waals surface area contributed by atoms with Crippen molar-refractivity contribution in [3.63, 3.8) is 0 Å². The summed E-state index contributed by atoms with van der Waals surface area (Å²) in [6, 6.07) is 20.6. The van der Waals surface area contributed by atoms with Gasteiger partial charge in [0.15, 0.2) is 0 Å². The molecule has 4 aliphatic carbocycles. The van der Waals surface area contributed by atoms with Crippen LogP contribution in [-0.2, 0) is 5.41 Å². The first-order valence-corrected chi connectivity index (χ1v) is 11.3. The molecule has 148 valence electrons. The fourth-order valence-electron chi connectivity index (χ4n) is 7.29. The van der Waals surface area contributed by atoms with Crippen LogP contribution in [0.3, 0.4) is 0 Å². The van der Waals surface area contributed by atoms with E-state index in [-0.39, 0.29) is 0 Å². The number of hydrogen-bond donors (Lipinski definition) is 0. The fourth-order valence-corrected chi connectivity index (χ4v) is 7.29. The van der Waals surface area contributed by atoms with Gasteiger partial charge in [0.05, 0.1) is 7.11 Å². The minimum Gasteiger partial charge on any atom is -0.496 e. The van der Waals surface area contributed by atoms with Gasteiger partial charge in [0.2, 0.25) is 0 Å². The standard InChI is InChI=1S/C28H30O/c1-18-3-4-23-13-24(6-5-22(23)9-18)25-7-8-27(29-2)26(14-25)28-15-19-10-20(16-28)12-21(11-19)17-28/h3-9,13-14,19-21H,10-12,15-17H2,1-2H3. The Kier molecular flexibility index (Phi) is 3.85. The molecule has 0 heterocycles. The Hall–Kier alpha value is -2.28. The predicted molar refractivity (Wildman–Crippen MR) is 121 cm³/mol. The average molecular weight is 383 g/mol. The van der Waals surface area contributed by atoms with Gasteiger partial charge in [0.25, 0.3) is 0 Å². The van der Waals surface area contributed by atoms with Crippen LogP contribution in [0.4, 0.5) is 0 Å². The number of ether oxygens (including phenoxy) is 1. The molecule has 4 fully saturated rings. The summed E-state index contributed by atoms with van der Waals surface area (Å²) in [4.78, 5) is 0. The van der Waals surface area contributed by atoms with Crippen molar-refractivity contribution in [3.8, 4) is 16.9 Å². The SMILES string of the molecule is COc1ccc(-c2ccc3cc(C)ccc3c2)cc1C12CC3CC(CC(C3)C1)C2. The quantitative estimate of drug-likeness (QED) is 0.462. The molecule has 3 aromatic carbocycles. The number of fused-ring (bicyclic) bond motifs is 1. The lowest BCUT2D eigenvalue weighted by Gasteiger charge is -2.57. The fraction of sp³-hybridized carbons (Fsp3) is 0.429. The lowest BCUT2D eigenvalue weighted by molar-refractivity contribution is -0.00613. The van der Waals surface area contributed by atoms with Gasteiger partial charge >= 0.3 is 0 Å². The minimum absolute atomic E-state index is 0.351. The Morgan fingerprint density at radius 3 is 2.00 bits per heavy atom.